The fourth-order valence-electron chi connectivity index (χ4n) is 3.95. The maximum absolute atomic E-state index is 6.29. The van der Waals surface area contributed by atoms with Gasteiger partial charge in [0, 0.05) is 25.7 Å². The highest BCUT2D eigenvalue weighted by Crippen LogP contribution is 2.28. The van der Waals surface area contributed by atoms with E-state index in [0.29, 0.717) is 11.1 Å². The Morgan fingerprint density at radius 2 is 1.91 bits per heavy atom. The first kappa shape index (κ1) is 25.0. The van der Waals surface area contributed by atoms with Crippen molar-refractivity contribution in [2.24, 2.45) is 0 Å². The number of nitrogens with one attached hydrogen (secondary N) is 1. The normalized spacial score (nSPS) is 12.7. The number of hydrogen-bond donors (Lipinski definition) is 1. The second-order valence-electron chi connectivity index (χ2n) is 8.27. The van der Waals surface area contributed by atoms with Gasteiger partial charge in [0.2, 0.25) is 0 Å². The van der Waals surface area contributed by atoms with Gasteiger partial charge < -0.3 is 10.2 Å². The third-order valence-electron chi connectivity index (χ3n) is 5.89. The van der Waals surface area contributed by atoms with Crippen LogP contribution in [0.5, 0.6) is 0 Å². The molecule has 170 valence electrons. The fraction of sp³-hybridized carbons (Fsp3) is 0.370. The first-order chi connectivity index (χ1) is 15.4. The topological polar surface area (TPSA) is 28.2 Å². The van der Waals surface area contributed by atoms with Crippen LogP contribution in [-0.4, -0.2) is 35.6 Å². The molecule has 3 rings (SSSR count). The Labute approximate surface area is 211 Å². The predicted octanol–water partition coefficient (Wildman–Crippen LogP) is 7.89. The lowest BCUT2D eigenvalue weighted by Gasteiger charge is -2.21. The number of benzene rings is 2. The van der Waals surface area contributed by atoms with Crippen molar-refractivity contribution in [1.82, 2.24) is 9.88 Å². The molecule has 0 amide bonds. The van der Waals surface area contributed by atoms with Crippen LogP contribution in [0.4, 0.5) is 5.69 Å². The zero-order valence-electron chi connectivity index (χ0n) is 19.5. The Morgan fingerprint density at radius 1 is 1.12 bits per heavy atom. The standard InChI is InChI=1S/C27H33ClIN3/c1-5-32(6-2)16-8-10-20(4)30-27-18-22(31-26-17-21(28)12-14-24(26)27)13-15-23-19(3)9-7-11-25(23)29/h7,9,11-15,17-18,20H,5-6,8,10,16H2,1-4H3,(H,30,31)/b15-13+. The molecule has 3 aromatic rings. The third kappa shape index (κ3) is 6.69. The van der Waals surface area contributed by atoms with Crippen molar-refractivity contribution in [3.8, 4) is 0 Å². The van der Waals surface area contributed by atoms with Crippen LogP contribution in [0, 0.1) is 10.5 Å². The zero-order chi connectivity index (χ0) is 23.1. The zero-order valence-corrected chi connectivity index (χ0v) is 22.4. The number of aromatic nitrogens is 1. The summed E-state index contributed by atoms with van der Waals surface area (Å²) >= 11 is 8.67. The largest absolute Gasteiger partial charge is 0.382 e. The van der Waals surface area contributed by atoms with Crippen molar-refractivity contribution in [2.75, 3.05) is 25.0 Å². The highest BCUT2D eigenvalue weighted by molar-refractivity contribution is 14.1. The van der Waals surface area contributed by atoms with Gasteiger partial charge in [-0.15, -0.1) is 0 Å². The summed E-state index contributed by atoms with van der Waals surface area (Å²) in [6.07, 6.45) is 6.57. The van der Waals surface area contributed by atoms with Gasteiger partial charge in [0.25, 0.3) is 0 Å². The summed E-state index contributed by atoms with van der Waals surface area (Å²) in [4.78, 5) is 7.34. The van der Waals surface area contributed by atoms with Crippen molar-refractivity contribution in [2.45, 2.75) is 46.6 Å². The minimum atomic E-state index is 0.376. The first-order valence-corrected chi connectivity index (χ1v) is 12.9. The van der Waals surface area contributed by atoms with E-state index in [2.05, 4.69) is 103 Å². The minimum Gasteiger partial charge on any atom is -0.382 e. The molecule has 0 saturated carbocycles. The molecule has 0 spiro atoms. The molecular formula is C27H33ClIN3. The number of rotatable bonds is 10. The maximum atomic E-state index is 6.29. The maximum Gasteiger partial charge on any atom is 0.0744 e. The van der Waals surface area contributed by atoms with Crippen LogP contribution in [0.2, 0.25) is 5.02 Å². The van der Waals surface area contributed by atoms with Crippen LogP contribution in [0.1, 0.15) is 50.4 Å². The molecular weight excluding hydrogens is 529 g/mol. The summed E-state index contributed by atoms with van der Waals surface area (Å²) in [6.45, 7) is 12.2. The molecule has 0 aliphatic carbocycles. The van der Waals surface area contributed by atoms with Gasteiger partial charge >= 0.3 is 0 Å². The van der Waals surface area contributed by atoms with Crippen LogP contribution in [0.15, 0.2) is 42.5 Å². The van der Waals surface area contributed by atoms with E-state index in [-0.39, 0.29) is 0 Å². The van der Waals surface area contributed by atoms with E-state index < -0.39 is 0 Å². The Balaban J connectivity index is 1.84. The van der Waals surface area contributed by atoms with Crippen molar-refractivity contribution in [1.29, 1.82) is 0 Å². The van der Waals surface area contributed by atoms with E-state index in [1.807, 2.05) is 12.1 Å². The van der Waals surface area contributed by atoms with E-state index in [1.165, 1.54) is 21.1 Å². The lowest BCUT2D eigenvalue weighted by atomic mass is 10.1. The van der Waals surface area contributed by atoms with Gasteiger partial charge in [-0.25, -0.2) is 4.98 Å². The summed E-state index contributed by atoms with van der Waals surface area (Å²) in [5, 5.41) is 5.55. The average Bonchev–Trinajstić information content (AvgIpc) is 2.76. The Bertz CT molecular complexity index is 1060. The van der Waals surface area contributed by atoms with Gasteiger partial charge in [-0.1, -0.05) is 43.7 Å². The van der Waals surface area contributed by atoms with Gasteiger partial charge in [0.05, 0.1) is 11.2 Å². The van der Waals surface area contributed by atoms with E-state index in [0.717, 1.165) is 48.3 Å². The lowest BCUT2D eigenvalue weighted by molar-refractivity contribution is 0.295. The van der Waals surface area contributed by atoms with Gasteiger partial charge in [-0.05, 0) is 116 Å². The van der Waals surface area contributed by atoms with E-state index in [1.54, 1.807) is 0 Å². The molecule has 0 radical (unpaired) electrons. The number of anilines is 1. The first-order valence-electron chi connectivity index (χ1n) is 11.4. The average molecular weight is 562 g/mol. The van der Waals surface area contributed by atoms with E-state index >= 15 is 0 Å². The fourth-order valence-corrected chi connectivity index (χ4v) is 4.93. The second kappa shape index (κ2) is 12.0. The molecule has 32 heavy (non-hydrogen) atoms. The highest BCUT2D eigenvalue weighted by atomic mass is 127. The number of pyridine rings is 1. The lowest BCUT2D eigenvalue weighted by Crippen LogP contribution is -2.25. The van der Waals surface area contributed by atoms with Crippen LogP contribution in [0.25, 0.3) is 23.1 Å². The highest BCUT2D eigenvalue weighted by Gasteiger charge is 2.10. The summed E-state index contributed by atoms with van der Waals surface area (Å²) in [7, 11) is 0. The molecule has 2 aromatic carbocycles. The van der Waals surface area contributed by atoms with Crippen molar-refractivity contribution < 1.29 is 0 Å². The Hall–Kier alpha value is -1.63. The molecule has 1 unspecified atom stereocenters. The summed E-state index contributed by atoms with van der Waals surface area (Å²) in [5.41, 5.74) is 5.45. The quantitative estimate of drug-likeness (QED) is 0.255. The summed E-state index contributed by atoms with van der Waals surface area (Å²) < 4.78 is 1.24. The SMILES string of the molecule is CCN(CC)CCCC(C)Nc1cc(/C=C/c2c(C)cccc2I)nc2cc(Cl)ccc12. The smallest absolute Gasteiger partial charge is 0.0744 e. The van der Waals surface area contributed by atoms with Gasteiger partial charge in [0.1, 0.15) is 0 Å². The molecule has 1 atom stereocenters. The van der Waals surface area contributed by atoms with Crippen molar-refractivity contribution in [3.63, 3.8) is 0 Å². The molecule has 0 saturated heterocycles. The number of halogens is 2. The van der Waals surface area contributed by atoms with Gasteiger partial charge in [-0.3, -0.25) is 0 Å². The molecule has 0 bridgehead atoms. The molecule has 0 aliphatic rings. The van der Waals surface area contributed by atoms with Gasteiger partial charge in [0.15, 0.2) is 0 Å². The molecule has 1 heterocycles. The number of nitrogens with zero attached hydrogens (tertiary/aromatic N) is 2. The number of fused-ring (bicyclic) bond motifs is 1. The molecule has 3 nitrogen and oxygen atoms in total. The van der Waals surface area contributed by atoms with Crippen molar-refractivity contribution in [3.05, 3.63) is 67.9 Å². The summed E-state index contributed by atoms with van der Waals surface area (Å²) in [6, 6.07) is 14.8. The molecule has 1 N–H and O–H groups in total. The van der Waals surface area contributed by atoms with Gasteiger partial charge in [-0.2, -0.15) is 0 Å². The van der Waals surface area contributed by atoms with E-state index in [4.69, 9.17) is 16.6 Å². The third-order valence-corrected chi connectivity index (χ3v) is 7.07. The van der Waals surface area contributed by atoms with Crippen LogP contribution >= 0.6 is 34.2 Å². The molecule has 0 fully saturated rings. The summed E-state index contributed by atoms with van der Waals surface area (Å²) in [5.74, 6) is 0. The molecule has 0 aliphatic heterocycles. The van der Waals surface area contributed by atoms with Crippen LogP contribution < -0.4 is 5.32 Å². The van der Waals surface area contributed by atoms with Crippen LogP contribution in [-0.2, 0) is 0 Å². The monoisotopic (exact) mass is 561 g/mol. The van der Waals surface area contributed by atoms with Crippen molar-refractivity contribution >= 4 is 62.9 Å². The van der Waals surface area contributed by atoms with E-state index in [9.17, 15) is 0 Å². The molecule has 1 aromatic heterocycles. The predicted molar refractivity (Wildman–Crippen MR) is 150 cm³/mol. The van der Waals surface area contributed by atoms with Crippen LogP contribution in [0.3, 0.4) is 0 Å². The molecule has 5 heteroatoms. The number of aryl methyl sites for hydroxylation is 1. The second-order valence-corrected chi connectivity index (χ2v) is 9.87. The minimum absolute atomic E-state index is 0.376. The Kier molecular flexibility index (Phi) is 9.38. The Morgan fingerprint density at radius 3 is 2.62 bits per heavy atom. The number of hydrogen-bond acceptors (Lipinski definition) is 3.